The first-order valence-electron chi connectivity index (χ1n) is 5.98. The zero-order valence-electron chi connectivity index (χ0n) is 9.96. The Labute approximate surface area is 96.1 Å². The van der Waals surface area contributed by atoms with Gasteiger partial charge in [0.25, 0.3) is 0 Å². The fraction of sp³-hybridized carbons (Fsp3) is 0.462. The lowest BCUT2D eigenvalue weighted by Gasteiger charge is -2.04. The standard InChI is InChI=1S/C13H19N3/c1-3-5-10(14)13-15-11-7-6-9(4-2)8-12(11)16-13/h6-8,10H,3-5,14H2,1-2H3,(H,15,16). The van der Waals surface area contributed by atoms with Crippen molar-refractivity contribution in [2.75, 3.05) is 0 Å². The van der Waals surface area contributed by atoms with Gasteiger partial charge in [0.15, 0.2) is 0 Å². The Morgan fingerprint density at radius 2 is 2.19 bits per heavy atom. The van der Waals surface area contributed by atoms with Gasteiger partial charge in [-0.05, 0) is 30.5 Å². The van der Waals surface area contributed by atoms with E-state index in [0.717, 1.165) is 36.1 Å². The topological polar surface area (TPSA) is 54.7 Å². The van der Waals surface area contributed by atoms with Crippen LogP contribution in [0.25, 0.3) is 11.0 Å². The number of aryl methyl sites for hydroxylation is 1. The second-order valence-electron chi connectivity index (χ2n) is 4.22. The molecule has 1 aromatic heterocycles. The van der Waals surface area contributed by atoms with E-state index in [2.05, 4.69) is 42.0 Å². The number of rotatable bonds is 4. The Bertz CT molecular complexity index is 473. The summed E-state index contributed by atoms with van der Waals surface area (Å²) >= 11 is 0. The van der Waals surface area contributed by atoms with Gasteiger partial charge in [-0.1, -0.05) is 26.3 Å². The minimum absolute atomic E-state index is 0.0301. The lowest BCUT2D eigenvalue weighted by atomic mass is 10.1. The molecule has 0 aliphatic heterocycles. The highest BCUT2D eigenvalue weighted by Gasteiger charge is 2.10. The molecular weight excluding hydrogens is 198 g/mol. The third-order valence-electron chi connectivity index (χ3n) is 2.92. The first-order chi connectivity index (χ1) is 7.74. The molecule has 0 aliphatic rings. The van der Waals surface area contributed by atoms with Crippen LogP contribution in [-0.4, -0.2) is 9.97 Å². The number of hydrogen-bond donors (Lipinski definition) is 2. The SMILES string of the molecule is CCCC(N)c1nc2ccc(CC)cc2[nH]1. The molecular formula is C13H19N3. The third-order valence-corrected chi connectivity index (χ3v) is 2.92. The maximum Gasteiger partial charge on any atom is 0.124 e. The van der Waals surface area contributed by atoms with E-state index in [0.29, 0.717) is 0 Å². The van der Waals surface area contributed by atoms with Crippen molar-refractivity contribution in [1.29, 1.82) is 0 Å². The van der Waals surface area contributed by atoms with Crippen molar-refractivity contribution in [3.8, 4) is 0 Å². The maximum absolute atomic E-state index is 6.05. The predicted molar refractivity (Wildman–Crippen MR) is 67.3 cm³/mol. The molecule has 1 heterocycles. The van der Waals surface area contributed by atoms with Gasteiger partial charge in [0.05, 0.1) is 17.1 Å². The molecule has 1 aromatic carbocycles. The van der Waals surface area contributed by atoms with Gasteiger partial charge < -0.3 is 10.7 Å². The van der Waals surface area contributed by atoms with Gasteiger partial charge in [0.2, 0.25) is 0 Å². The Kier molecular flexibility index (Phi) is 3.25. The molecule has 2 rings (SSSR count). The zero-order valence-corrected chi connectivity index (χ0v) is 9.96. The average molecular weight is 217 g/mol. The molecule has 0 bridgehead atoms. The van der Waals surface area contributed by atoms with Crippen molar-refractivity contribution in [3.05, 3.63) is 29.6 Å². The Morgan fingerprint density at radius 1 is 1.38 bits per heavy atom. The molecule has 86 valence electrons. The van der Waals surface area contributed by atoms with E-state index in [1.807, 2.05) is 0 Å². The highest BCUT2D eigenvalue weighted by Crippen LogP contribution is 2.19. The predicted octanol–water partition coefficient (Wildman–Crippen LogP) is 2.93. The summed E-state index contributed by atoms with van der Waals surface area (Å²) in [6, 6.07) is 6.37. The van der Waals surface area contributed by atoms with Crippen molar-refractivity contribution in [1.82, 2.24) is 9.97 Å². The number of aromatic amines is 1. The summed E-state index contributed by atoms with van der Waals surface area (Å²) in [6.45, 7) is 4.29. The molecule has 1 unspecified atom stereocenters. The van der Waals surface area contributed by atoms with Gasteiger partial charge in [-0.15, -0.1) is 0 Å². The first-order valence-corrected chi connectivity index (χ1v) is 5.98. The highest BCUT2D eigenvalue weighted by molar-refractivity contribution is 5.75. The second-order valence-corrected chi connectivity index (χ2v) is 4.22. The fourth-order valence-corrected chi connectivity index (χ4v) is 1.92. The highest BCUT2D eigenvalue weighted by atomic mass is 15.0. The van der Waals surface area contributed by atoms with Gasteiger partial charge in [-0.3, -0.25) is 0 Å². The number of imidazole rings is 1. The van der Waals surface area contributed by atoms with Crippen LogP contribution >= 0.6 is 0 Å². The van der Waals surface area contributed by atoms with Crippen LogP contribution in [0.4, 0.5) is 0 Å². The van der Waals surface area contributed by atoms with Crippen LogP contribution in [0.5, 0.6) is 0 Å². The van der Waals surface area contributed by atoms with Crippen LogP contribution in [0.15, 0.2) is 18.2 Å². The quantitative estimate of drug-likeness (QED) is 0.827. The smallest absolute Gasteiger partial charge is 0.124 e. The summed E-state index contributed by atoms with van der Waals surface area (Å²) in [5.41, 5.74) is 9.48. The molecule has 0 amide bonds. The molecule has 16 heavy (non-hydrogen) atoms. The Balaban J connectivity index is 2.35. The van der Waals surface area contributed by atoms with Crippen molar-refractivity contribution in [2.45, 2.75) is 39.2 Å². The van der Waals surface area contributed by atoms with Gasteiger partial charge in [0, 0.05) is 0 Å². The minimum atomic E-state index is 0.0301. The number of nitrogens with one attached hydrogen (secondary N) is 1. The number of nitrogens with two attached hydrogens (primary N) is 1. The molecule has 0 spiro atoms. The molecule has 3 nitrogen and oxygen atoms in total. The van der Waals surface area contributed by atoms with Gasteiger partial charge in [-0.2, -0.15) is 0 Å². The van der Waals surface area contributed by atoms with E-state index < -0.39 is 0 Å². The molecule has 1 atom stereocenters. The summed E-state index contributed by atoms with van der Waals surface area (Å²) in [5, 5.41) is 0. The van der Waals surface area contributed by atoms with Crippen LogP contribution in [0.1, 0.15) is 44.1 Å². The van der Waals surface area contributed by atoms with Crippen LogP contribution in [0.3, 0.4) is 0 Å². The third kappa shape index (κ3) is 2.09. The van der Waals surface area contributed by atoms with Crippen LogP contribution in [0, 0.1) is 0 Å². The maximum atomic E-state index is 6.05. The minimum Gasteiger partial charge on any atom is -0.341 e. The molecule has 2 aromatic rings. The summed E-state index contributed by atoms with van der Waals surface area (Å²) in [7, 11) is 0. The van der Waals surface area contributed by atoms with E-state index in [9.17, 15) is 0 Å². The number of fused-ring (bicyclic) bond motifs is 1. The summed E-state index contributed by atoms with van der Waals surface area (Å²) in [5.74, 6) is 0.908. The van der Waals surface area contributed by atoms with Crippen molar-refractivity contribution in [2.24, 2.45) is 5.73 Å². The normalized spacial score (nSPS) is 13.2. The molecule has 0 fully saturated rings. The number of benzene rings is 1. The molecule has 3 heteroatoms. The van der Waals surface area contributed by atoms with E-state index in [1.54, 1.807) is 0 Å². The van der Waals surface area contributed by atoms with Gasteiger partial charge in [-0.25, -0.2) is 4.98 Å². The second kappa shape index (κ2) is 4.66. The number of aromatic nitrogens is 2. The van der Waals surface area contributed by atoms with Crippen LogP contribution in [-0.2, 0) is 6.42 Å². The van der Waals surface area contributed by atoms with E-state index in [-0.39, 0.29) is 6.04 Å². The van der Waals surface area contributed by atoms with Crippen LogP contribution < -0.4 is 5.73 Å². The Morgan fingerprint density at radius 3 is 2.88 bits per heavy atom. The fourth-order valence-electron chi connectivity index (χ4n) is 1.92. The lowest BCUT2D eigenvalue weighted by molar-refractivity contribution is 0.610. The van der Waals surface area contributed by atoms with Crippen molar-refractivity contribution < 1.29 is 0 Å². The number of nitrogens with zero attached hydrogens (tertiary/aromatic N) is 1. The van der Waals surface area contributed by atoms with Crippen molar-refractivity contribution in [3.63, 3.8) is 0 Å². The Hall–Kier alpha value is -1.35. The number of H-pyrrole nitrogens is 1. The van der Waals surface area contributed by atoms with E-state index >= 15 is 0 Å². The number of hydrogen-bond acceptors (Lipinski definition) is 2. The summed E-state index contributed by atoms with van der Waals surface area (Å²) in [6.07, 6.45) is 3.10. The summed E-state index contributed by atoms with van der Waals surface area (Å²) in [4.78, 5) is 7.84. The molecule has 0 radical (unpaired) electrons. The lowest BCUT2D eigenvalue weighted by Crippen LogP contribution is -2.11. The first kappa shape index (κ1) is 11.1. The molecule has 0 aliphatic carbocycles. The monoisotopic (exact) mass is 217 g/mol. The molecule has 3 N–H and O–H groups in total. The van der Waals surface area contributed by atoms with Gasteiger partial charge in [0.1, 0.15) is 5.82 Å². The van der Waals surface area contributed by atoms with E-state index in [1.165, 1.54) is 5.56 Å². The van der Waals surface area contributed by atoms with Crippen molar-refractivity contribution >= 4 is 11.0 Å². The molecule has 0 saturated heterocycles. The summed E-state index contributed by atoms with van der Waals surface area (Å²) < 4.78 is 0. The average Bonchev–Trinajstić information content (AvgIpc) is 2.71. The van der Waals surface area contributed by atoms with Crippen LogP contribution in [0.2, 0.25) is 0 Å². The largest absolute Gasteiger partial charge is 0.341 e. The van der Waals surface area contributed by atoms with Gasteiger partial charge >= 0.3 is 0 Å². The molecule has 0 saturated carbocycles. The van der Waals surface area contributed by atoms with E-state index in [4.69, 9.17) is 5.73 Å². The zero-order chi connectivity index (χ0) is 11.5.